The van der Waals surface area contributed by atoms with E-state index in [1.54, 1.807) is 7.11 Å². The Morgan fingerprint density at radius 2 is 2.31 bits per heavy atom. The van der Waals surface area contributed by atoms with Gasteiger partial charge in [-0.15, -0.1) is 0 Å². The molecule has 1 amide bonds. The van der Waals surface area contributed by atoms with Crippen LogP contribution in [0.2, 0.25) is 0 Å². The van der Waals surface area contributed by atoms with Gasteiger partial charge in [-0.3, -0.25) is 4.79 Å². The Bertz CT molecular complexity index is 243. The van der Waals surface area contributed by atoms with Gasteiger partial charge in [0.15, 0.2) is 0 Å². The second-order valence-electron chi connectivity index (χ2n) is 4.90. The largest absolute Gasteiger partial charge is 0.396 e. The number of ether oxygens (including phenoxy) is 1. The molecule has 0 aromatic carbocycles. The first-order chi connectivity index (χ1) is 7.48. The van der Waals surface area contributed by atoms with Crippen molar-refractivity contribution in [1.29, 1.82) is 0 Å². The number of rotatable bonds is 5. The van der Waals surface area contributed by atoms with Gasteiger partial charge in [0.25, 0.3) is 0 Å². The summed E-state index contributed by atoms with van der Waals surface area (Å²) >= 11 is 0. The third-order valence-corrected chi connectivity index (χ3v) is 2.94. The molecule has 1 aliphatic heterocycles. The summed E-state index contributed by atoms with van der Waals surface area (Å²) < 4.78 is 5.19. The van der Waals surface area contributed by atoms with Gasteiger partial charge in [-0.25, -0.2) is 0 Å². The van der Waals surface area contributed by atoms with Crippen LogP contribution in [0.3, 0.4) is 0 Å². The Balaban J connectivity index is 2.41. The van der Waals surface area contributed by atoms with Crippen molar-refractivity contribution in [3.8, 4) is 0 Å². The minimum absolute atomic E-state index is 0.0157. The molecule has 0 aliphatic carbocycles. The summed E-state index contributed by atoms with van der Waals surface area (Å²) in [7, 11) is 1.66. The summed E-state index contributed by atoms with van der Waals surface area (Å²) in [5.74, 6) is -0.0157. The van der Waals surface area contributed by atoms with Crippen LogP contribution in [0.1, 0.15) is 26.7 Å². The third-order valence-electron chi connectivity index (χ3n) is 2.94. The molecule has 2 unspecified atom stereocenters. The quantitative estimate of drug-likeness (QED) is 0.603. The van der Waals surface area contributed by atoms with Gasteiger partial charge in [-0.1, -0.05) is 0 Å². The van der Waals surface area contributed by atoms with E-state index in [2.05, 4.69) is 10.6 Å². The summed E-state index contributed by atoms with van der Waals surface area (Å²) in [5, 5.41) is 14.9. The SMILES string of the molecule is COC1CNC(C(=O)NC(C)(C)CCO)C1. The van der Waals surface area contributed by atoms with Gasteiger partial charge in [-0.2, -0.15) is 0 Å². The van der Waals surface area contributed by atoms with E-state index < -0.39 is 0 Å². The van der Waals surface area contributed by atoms with E-state index in [0.717, 1.165) is 6.54 Å². The molecule has 5 nitrogen and oxygen atoms in total. The highest BCUT2D eigenvalue weighted by atomic mass is 16.5. The van der Waals surface area contributed by atoms with Crippen LogP contribution in [0.15, 0.2) is 0 Å². The Morgan fingerprint density at radius 3 is 2.81 bits per heavy atom. The van der Waals surface area contributed by atoms with Gasteiger partial charge in [0.2, 0.25) is 5.91 Å². The first-order valence-corrected chi connectivity index (χ1v) is 5.67. The standard InChI is InChI=1S/C11H22N2O3/c1-11(2,4-5-14)13-10(15)9-6-8(16-3)7-12-9/h8-9,12,14H,4-7H2,1-3H3,(H,13,15). The third kappa shape index (κ3) is 3.73. The van der Waals surface area contributed by atoms with Gasteiger partial charge < -0.3 is 20.5 Å². The van der Waals surface area contributed by atoms with E-state index in [-0.39, 0.29) is 30.2 Å². The maximum Gasteiger partial charge on any atom is 0.237 e. The topological polar surface area (TPSA) is 70.6 Å². The molecule has 0 spiro atoms. The maximum atomic E-state index is 11.9. The summed E-state index contributed by atoms with van der Waals surface area (Å²) in [6, 6.07) is -0.178. The normalized spacial score (nSPS) is 25.8. The lowest BCUT2D eigenvalue weighted by Crippen LogP contribution is -2.50. The second-order valence-corrected chi connectivity index (χ2v) is 4.90. The Hall–Kier alpha value is -0.650. The van der Waals surface area contributed by atoms with E-state index in [1.165, 1.54) is 0 Å². The maximum absolute atomic E-state index is 11.9. The Labute approximate surface area is 96.6 Å². The fourth-order valence-corrected chi connectivity index (χ4v) is 1.85. The van der Waals surface area contributed by atoms with Crippen molar-refractivity contribution in [2.24, 2.45) is 0 Å². The van der Waals surface area contributed by atoms with Crippen LogP contribution < -0.4 is 10.6 Å². The molecule has 1 rings (SSSR count). The number of carbonyl (C=O) groups is 1. The van der Waals surface area contributed by atoms with Gasteiger partial charge >= 0.3 is 0 Å². The summed E-state index contributed by atoms with van der Waals surface area (Å²) in [4.78, 5) is 11.9. The molecule has 5 heteroatoms. The van der Waals surface area contributed by atoms with Crippen molar-refractivity contribution in [1.82, 2.24) is 10.6 Å². The summed E-state index contributed by atoms with van der Waals surface area (Å²) in [5.41, 5.74) is -0.362. The fraction of sp³-hybridized carbons (Fsp3) is 0.909. The van der Waals surface area contributed by atoms with Crippen LogP contribution in [-0.2, 0) is 9.53 Å². The van der Waals surface area contributed by atoms with Crippen LogP contribution in [0.25, 0.3) is 0 Å². The number of hydrogen-bond donors (Lipinski definition) is 3. The molecule has 0 radical (unpaired) electrons. The van der Waals surface area contributed by atoms with Crippen LogP contribution in [-0.4, -0.2) is 49.0 Å². The zero-order valence-corrected chi connectivity index (χ0v) is 10.2. The first kappa shape index (κ1) is 13.4. The molecule has 1 fully saturated rings. The molecular weight excluding hydrogens is 208 g/mol. The molecular formula is C11H22N2O3. The van der Waals surface area contributed by atoms with Crippen molar-refractivity contribution in [2.45, 2.75) is 44.4 Å². The fourth-order valence-electron chi connectivity index (χ4n) is 1.85. The smallest absolute Gasteiger partial charge is 0.237 e. The number of methoxy groups -OCH3 is 1. The van der Waals surface area contributed by atoms with Crippen molar-refractivity contribution in [3.63, 3.8) is 0 Å². The lowest BCUT2D eigenvalue weighted by molar-refractivity contribution is -0.124. The number of amides is 1. The monoisotopic (exact) mass is 230 g/mol. The van der Waals surface area contributed by atoms with Crippen LogP contribution in [0, 0.1) is 0 Å². The van der Waals surface area contributed by atoms with E-state index >= 15 is 0 Å². The van der Waals surface area contributed by atoms with Crippen molar-refractivity contribution in [2.75, 3.05) is 20.3 Å². The number of carbonyl (C=O) groups excluding carboxylic acids is 1. The van der Waals surface area contributed by atoms with Gasteiger partial charge in [0.1, 0.15) is 0 Å². The average Bonchev–Trinajstić information content (AvgIpc) is 2.64. The number of nitrogens with one attached hydrogen (secondary N) is 2. The molecule has 0 saturated carbocycles. The van der Waals surface area contributed by atoms with E-state index in [1.807, 2.05) is 13.8 Å². The second kappa shape index (κ2) is 5.61. The van der Waals surface area contributed by atoms with Crippen molar-refractivity contribution < 1.29 is 14.6 Å². The van der Waals surface area contributed by atoms with Gasteiger partial charge in [0, 0.05) is 25.8 Å². The highest BCUT2D eigenvalue weighted by molar-refractivity contribution is 5.82. The number of hydrogen-bond acceptors (Lipinski definition) is 4. The Kier molecular flexibility index (Phi) is 4.70. The molecule has 94 valence electrons. The van der Waals surface area contributed by atoms with Gasteiger partial charge in [-0.05, 0) is 26.7 Å². The zero-order chi connectivity index (χ0) is 12.2. The lowest BCUT2D eigenvalue weighted by Gasteiger charge is -2.27. The van der Waals surface area contributed by atoms with Crippen molar-refractivity contribution >= 4 is 5.91 Å². The predicted octanol–water partition coefficient (Wildman–Crippen LogP) is -0.359. The molecule has 1 aliphatic rings. The number of aliphatic hydroxyl groups excluding tert-OH is 1. The van der Waals surface area contributed by atoms with Crippen LogP contribution in [0.5, 0.6) is 0 Å². The molecule has 0 bridgehead atoms. The van der Waals surface area contributed by atoms with E-state index in [9.17, 15) is 4.79 Å². The van der Waals surface area contributed by atoms with Crippen LogP contribution >= 0.6 is 0 Å². The highest BCUT2D eigenvalue weighted by Gasteiger charge is 2.31. The minimum atomic E-state index is -0.362. The van der Waals surface area contributed by atoms with Crippen LogP contribution in [0.4, 0.5) is 0 Å². The minimum Gasteiger partial charge on any atom is -0.396 e. The Morgan fingerprint density at radius 1 is 1.62 bits per heavy atom. The van der Waals surface area contributed by atoms with E-state index in [4.69, 9.17) is 9.84 Å². The molecule has 3 N–H and O–H groups in total. The molecule has 0 aromatic rings. The predicted molar refractivity (Wildman–Crippen MR) is 61.1 cm³/mol. The van der Waals surface area contributed by atoms with E-state index in [0.29, 0.717) is 12.8 Å². The summed E-state index contributed by atoms with van der Waals surface area (Å²) in [6.45, 7) is 4.61. The highest BCUT2D eigenvalue weighted by Crippen LogP contribution is 2.12. The zero-order valence-electron chi connectivity index (χ0n) is 10.2. The lowest BCUT2D eigenvalue weighted by atomic mass is 10.0. The number of aliphatic hydroxyl groups is 1. The molecule has 1 saturated heterocycles. The molecule has 16 heavy (non-hydrogen) atoms. The molecule has 1 heterocycles. The molecule has 0 aromatic heterocycles. The average molecular weight is 230 g/mol. The first-order valence-electron chi connectivity index (χ1n) is 5.67. The molecule has 2 atom stereocenters. The summed E-state index contributed by atoms with van der Waals surface area (Å²) in [6.07, 6.45) is 1.38. The van der Waals surface area contributed by atoms with Crippen molar-refractivity contribution in [3.05, 3.63) is 0 Å². The van der Waals surface area contributed by atoms with Gasteiger partial charge in [0.05, 0.1) is 12.1 Å².